The molecule has 0 aliphatic carbocycles. The quantitative estimate of drug-likeness (QED) is 0.723. The number of aryl methyl sites for hydroxylation is 1. The van der Waals surface area contributed by atoms with E-state index in [1.54, 1.807) is 23.8 Å². The molecule has 8 heteroatoms. The van der Waals surface area contributed by atoms with E-state index in [1.165, 1.54) is 23.9 Å². The van der Waals surface area contributed by atoms with Gasteiger partial charge in [-0.2, -0.15) is 0 Å². The van der Waals surface area contributed by atoms with Crippen molar-refractivity contribution >= 4 is 28.6 Å². The maximum Gasteiger partial charge on any atom is 0.237 e. The minimum Gasteiger partial charge on any atom is -0.368 e. The summed E-state index contributed by atoms with van der Waals surface area (Å²) in [5.41, 5.74) is 6.75. The van der Waals surface area contributed by atoms with E-state index >= 15 is 0 Å². The molecule has 0 fully saturated rings. The molecule has 1 aromatic carbocycles. The highest BCUT2D eigenvalue weighted by Crippen LogP contribution is 2.26. The zero-order valence-corrected chi connectivity index (χ0v) is 13.2. The van der Waals surface area contributed by atoms with Crippen LogP contribution in [0.4, 0.5) is 4.39 Å². The Labute approximate surface area is 135 Å². The van der Waals surface area contributed by atoms with E-state index < -0.39 is 5.91 Å². The van der Waals surface area contributed by atoms with Crippen molar-refractivity contribution in [2.75, 3.05) is 0 Å². The molecule has 118 valence electrons. The van der Waals surface area contributed by atoms with Gasteiger partial charge in [0.15, 0.2) is 5.16 Å². The number of primary amides is 1. The van der Waals surface area contributed by atoms with E-state index in [1.807, 2.05) is 6.07 Å². The molecule has 0 radical (unpaired) electrons. The third-order valence-electron chi connectivity index (χ3n) is 3.32. The van der Waals surface area contributed by atoms with Crippen LogP contribution in [0.3, 0.4) is 0 Å². The molecule has 6 nitrogen and oxygen atoms in total. The Bertz CT molecular complexity index is 879. The summed E-state index contributed by atoms with van der Waals surface area (Å²) in [6.07, 6.45) is 1.67. The Morgan fingerprint density at radius 3 is 3.00 bits per heavy atom. The fourth-order valence-corrected chi connectivity index (χ4v) is 3.24. The Morgan fingerprint density at radius 1 is 1.39 bits per heavy atom. The number of carbonyl (C=O) groups is 1. The number of fused-ring (bicyclic) bond motifs is 1. The van der Waals surface area contributed by atoms with E-state index in [-0.39, 0.29) is 12.4 Å². The topological polar surface area (TPSA) is 86.7 Å². The Hall–Kier alpha value is -2.48. The zero-order valence-electron chi connectivity index (χ0n) is 12.4. The molecular formula is C15H14FN5OS. The molecule has 0 saturated carbocycles. The normalized spacial score (nSPS) is 11.0. The second-order valence-corrected chi connectivity index (χ2v) is 5.95. The molecule has 0 aliphatic rings. The molecule has 2 N–H and O–H groups in total. The number of aromatic nitrogens is 4. The fourth-order valence-electron chi connectivity index (χ4n) is 2.29. The second kappa shape index (κ2) is 6.33. The van der Waals surface area contributed by atoms with E-state index in [9.17, 15) is 9.18 Å². The summed E-state index contributed by atoms with van der Waals surface area (Å²) in [6.45, 7) is 1.77. The van der Waals surface area contributed by atoms with E-state index in [2.05, 4.69) is 15.2 Å². The first kappa shape index (κ1) is 15.4. The minimum atomic E-state index is -0.465. The van der Waals surface area contributed by atoms with Crippen LogP contribution in [-0.4, -0.2) is 25.7 Å². The molecule has 0 aliphatic heterocycles. The largest absolute Gasteiger partial charge is 0.368 e. The van der Waals surface area contributed by atoms with Crippen LogP contribution >= 0.6 is 11.8 Å². The third kappa shape index (κ3) is 3.31. The van der Waals surface area contributed by atoms with Crippen molar-refractivity contribution in [1.29, 1.82) is 0 Å². The van der Waals surface area contributed by atoms with Crippen LogP contribution in [0, 0.1) is 12.7 Å². The molecule has 0 atom stereocenters. The summed E-state index contributed by atoms with van der Waals surface area (Å²) in [4.78, 5) is 15.5. The molecule has 3 rings (SSSR count). The predicted molar refractivity (Wildman–Crippen MR) is 85.2 cm³/mol. The number of pyridine rings is 1. The van der Waals surface area contributed by atoms with Gasteiger partial charge < -0.3 is 5.73 Å². The van der Waals surface area contributed by atoms with E-state index in [4.69, 9.17) is 5.73 Å². The van der Waals surface area contributed by atoms with Crippen molar-refractivity contribution in [3.05, 3.63) is 47.7 Å². The maximum atomic E-state index is 13.7. The van der Waals surface area contributed by atoms with Crippen molar-refractivity contribution in [3.63, 3.8) is 0 Å². The molecular weight excluding hydrogens is 317 g/mol. The van der Waals surface area contributed by atoms with Crippen molar-refractivity contribution < 1.29 is 9.18 Å². The van der Waals surface area contributed by atoms with Crippen LogP contribution in [0.15, 0.2) is 35.6 Å². The lowest BCUT2D eigenvalue weighted by atomic mass is 10.1. The number of nitrogens with two attached hydrogens (primary N) is 1. The molecule has 1 amide bonds. The molecule has 2 aromatic heterocycles. The molecule has 0 spiro atoms. The molecule has 2 heterocycles. The molecule has 3 aromatic rings. The van der Waals surface area contributed by atoms with Crippen LogP contribution in [0.5, 0.6) is 0 Å². The lowest BCUT2D eigenvalue weighted by molar-refractivity contribution is -0.118. The highest BCUT2D eigenvalue weighted by atomic mass is 32.2. The van der Waals surface area contributed by atoms with Crippen LogP contribution in [-0.2, 0) is 17.1 Å². The van der Waals surface area contributed by atoms with Gasteiger partial charge in [-0.15, -0.1) is 10.2 Å². The number of rotatable bonds is 5. The van der Waals surface area contributed by atoms with Gasteiger partial charge in [-0.1, -0.05) is 17.8 Å². The van der Waals surface area contributed by atoms with Gasteiger partial charge in [0.1, 0.15) is 18.2 Å². The van der Waals surface area contributed by atoms with E-state index in [0.29, 0.717) is 16.7 Å². The third-order valence-corrected chi connectivity index (χ3v) is 4.34. The van der Waals surface area contributed by atoms with Crippen molar-refractivity contribution in [1.82, 2.24) is 19.7 Å². The van der Waals surface area contributed by atoms with Gasteiger partial charge >= 0.3 is 0 Å². The summed E-state index contributed by atoms with van der Waals surface area (Å²) in [5, 5.41) is 9.31. The maximum absolute atomic E-state index is 13.7. The first-order valence-corrected chi connectivity index (χ1v) is 7.87. The van der Waals surface area contributed by atoms with Crippen molar-refractivity contribution in [3.8, 4) is 0 Å². The van der Waals surface area contributed by atoms with Crippen LogP contribution in [0.2, 0.25) is 0 Å². The van der Waals surface area contributed by atoms with Gasteiger partial charge in [0, 0.05) is 17.3 Å². The van der Waals surface area contributed by atoms with Gasteiger partial charge in [-0.05, 0) is 30.7 Å². The molecule has 0 unspecified atom stereocenters. The number of hydrogen-bond acceptors (Lipinski definition) is 5. The molecule has 0 bridgehead atoms. The number of benzene rings is 1. The number of halogens is 1. The number of hydrogen-bond donors (Lipinski definition) is 1. The summed E-state index contributed by atoms with van der Waals surface area (Å²) in [7, 11) is 0. The van der Waals surface area contributed by atoms with Gasteiger partial charge in [-0.3, -0.25) is 14.3 Å². The summed E-state index contributed by atoms with van der Waals surface area (Å²) >= 11 is 1.36. The monoisotopic (exact) mass is 331 g/mol. The number of amides is 1. The van der Waals surface area contributed by atoms with Crippen molar-refractivity contribution in [2.24, 2.45) is 5.73 Å². The summed E-state index contributed by atoms with van der Waals surface area (Å²) in [6, 6.07) is 6.51. The number of thioether (sulfide) groups is 1. The standard InChI is InChI=1S/C15H14FN5OS/c1-9-19-20-15(21(9)7-13(17)22)23-8-11-6-12(16)5-10-3-2-4-18-14(10)11/h2-6H,7-8H2,1H3,(H2,17,22). The SMILES string of the molecule is Cc1nnc(SCc2cc(F)cc3cccnc23)n1CC(N)=O. The Kier molecular flexibility index (Phi) is 4.24. The van der Waals surface area contributed by atoms with Gasteiger partial charge in [-0.25, -0.2) is 4.39 Å². The van der Waals surface area contributed by atoms with Gasteiger partial charge in [0.25, 0.3) is 0 Å². The minimum absolute atomic E-state index is 0.0172. The molecule has 23 heavy (non-hydrogen) atoms. The average molecular weight is 331 g/mol. The van der Waals surface area contributed by atoms with Crippen LogP contribution in [0.25, 0.3) is 10.9 Å². The Balaban J connectivity index is 1.88. The van der Waals surface area contributed by atoms with Crippen molar-refractivity contribution in [2.45, 2.75) is 24.4 Å². The first-order valence-electron chi connectivity index (χ1n) is 6.88. The summed E-state index contributed by atoms with van der Waals surface area (Å²) in [5.74, 6) is 0.291. The number of nitrogens with zero attached hydrogens (tertiary/aromatic N) is 4. The zero-order chi connectivity index (χ0) is 16.4. The predicted octanol–water partition coefficient (Wildman–Crippen LogP) is 2.05. The lowest BCUT2D eigenvalue weighted by Crippen LogP contribution is -2.20. The van der Waals surface area contributed by atoms with Gasteiger partial charge in [0.2, 0.25) is 5.91 Å². The smallest absolute Gasteiger partial charge is 0.237 e. The summed E-state index contributed by atoms with van der Waals surface area (Å²) < 4.78 is 15.4. The van der Waals surface area contributed by atoms with Crippen LogP contribution < -0.4 is 5.73 Å². The molecule has 0 saturated heterocycles. The first-order chi connectivity index (χ1) is 11.0. The second-order valence-electron chi connectivity index (χ2n) is 5.01. The van der Waals surface area contributed by atoms with Gasteiger partial charge in [0.05, 0.1) is 5.52 Å². The Morgan fingerprint density at radius 2 is 2.22 bits per heavy atom. The average Bonchev–Trinajstić information content (AvgIpc) is 2.85. The highest BCUT2D eigenvalue weighted by molar-refractivity contribution is 7.98. The highest BCUT2D eigenvalue weighted by Gasteiger charge is 2.13. The fraction of sp³-hybridized carbons (Fsp3) is 0.200. The lowest BCUT2D eigenvalue weighted by Gasteiger charge is -2.08. The van der Waals surface area contributed by atoms with E-state index in [0.717, 1.165) is 16.5 Å². The number of carbonyl (C=O) groups excluding carboxylic acids is 1. The van der Waals surface area contributed by atoms with Crippen LogP contribution in [0.1, 0.15) is 11.4 Å².